The Bertz CT molecular complexity index is 1090. The SMILES string of the molecule is CN(C)S(=O)(=O)c1ccc(NC(=O)CSc2n[nH]c(/C=C/c3cccs3)n2)cc1. The summed E-state index contributed by atoms with van der Waals surface area (Å²) >= 11 is 2.83. The number of carbonyl (C=O) groups excluding carboxylic acids is 1. The van der Waals surface area contributed by atoms with Crippen LogP contribution in [0.25, 0.3) is 12.2 Å². The van der Waals surface area contributed by atoms with Gasteiger partial charge in [0.25, 0.3) is 0 Å². The monoisotopic (exact) mass is 449 g/mol. The number of nitrogens with zero attached hydrogens (tertiary/aromatic N) is 3. The van der Waals surface area contributed by atoms with E-state index in [1.54, 1.807) is 23.5 Å². The minimum Gasteiger partial charge on any atom is -0.325 e. The third kappa shape index (κ3) is 5.76. The number of H-pyrrole nitrogens is 1. The number of thiophene rings is 1. The first-order chi connectivity index (χ1) is 13.8. The maximum Gasteiger partial charge on any atom is 0.242 e. The molecule has 2 heterocycles. The molecule has 29 heavy (non-hydrogen) atoms. The fraction of sp³-hybridized carbons (Fsp3) is 0.167. The van der Waals surface area contributed by atoms with Crippen molar-refractivity contribution < 1.29 is 13.2 Å². The molecule has 2 N–H and O–H groups in total. The number of amides is 1. The summed E-state index contributed by atoms with van der Waals surface area (Å²) < 4.78 is 25.2. The van der Waals surface area contributed by atoms with Gasteiger partial charge in [-0.1, -0.05) is 17.8 Å². The molecule has 1 amide bonds. The molecule has 0 aliphatic heterocycles. The van der Waals surface area contributed by atoms with Crippen molar-refractivity contribution in [3.05, 3.63) is 52.5 Å². The van der Waals surface area contributed by atoms with E-state index >= 15 is 0 Å². The molecule has 0 atom stereocenters. The van der Waals surface area contributed by atoms with Crippen molar-refractivity contribution in [2.75, 3.05) is 25.2 Å². The molecule has 11 heteroatoms. The van der Waals surface area contributed by atoms with Gasteiger partial charge in [0.05, 0.1) is 10.6 Å². The summed E-state index contributed by atoms with van der Waals surface area (Å²) in [6.07, 6.45) is 3.76. The van der Waals surface area contributed by atoms with E-state index in [2.05, 4.69) is 20.5 Å². The fourth-order valence-electron chi connectivity index (χ4n) is 2.19. The van der Waals surface area contributed by atoms with Crippen molar-refractivity contribution in [2.24, 2.45) is 0 Å². The molecular formula is C18H19N5O3S3. The van der Waals surface area contributed by atoms with Gasteiger partial charge in [-0.15, -0.1) is 16.4 Å². The Kier molecular flexibility index (Phi) is 6.85. The van der Waals surface area contributed by atoms with Crippen molar-refractivity contribution in [3.63, 3.8) is 0 Å². The van der Waals surface area contributed by atoms with Gasteiger partial charge in [-0.25, -0.2) is 17.7 Å². The zero-order chi connectivity index (χ0) is 20.9. The van der Waals surface area contributed by atoms with Crippen molar-refractivity contribution >= 4 is 56.9 Å². The number of carbonyl (C=O) groups is 1. The maximum atomic E-state index is 12.1. The zero-order valence-electron chi connectivity index (χ0n) is 15.7. The molecular weight excluding hydrogens is 430 g/mol. The standard InChI is InChI=1S/C18H19N5O3S3/c1-23(2)29(25,26)15-8-5-13(6-9-15)19-17(24)12-28-18-20-16(21-22-18)10-7-14-4-3-11-27-14/h3-11H,12H2,1-2H3,(H,19,24)(H,20,21,22)/b10-7+. The van der Waals surface area contributed by atoms with Gasteiger partial charge in [0.2, 0.25) is 21.1 Å². The van der Waals surface area contributed by atoms with Crippen LogP contribution in [0.2, 0.25) is 0 Å². The Labute approximate surface area is 177 Å². The van der Waals surface area contributed by atoms with Crippen LogP contribution in [0, 0.1) is 0 Å². The van der Waals surface area contributed by atoms with Crippen molar-refractivity contribution in [1.82, 2.24) is 19.5 Å². The topological polar surface area (TPSA) is 108 Å². The predicted molar refractivity (Wildman–Crippen MR) is 116 cm³/mol. The van der Waals surface area contributed by atoms with Crippen LogP contribution in [0.1, 0.15) is 10.7 Å². The summed E-state index contributed by atoms with van der Waals surface area (Å²) in [4.78, 5) is 17.7. The molecule has 0 unspecified atom stereocenters. The summed E-state index contributed by atoms with van der Waals surface area (Å²) in [5.41, 5.74) is 0.517. The molecule has 0 aliphatic rings. The second kappa shape index (κ2) is 9.35. The first kappa shape index (κ1) is 21.2. The van der Waals surface area contributed by atoms with Gasteiger partial charge >= 0.3 is 0 Å². The quantitative estimate of drug-likeness (QED) is 0.512. The number of hydrogen-bond acceptors (Lipinski definition) is 7. The number of thioether (sulfide) groups is 1. The molecule has 0 spiro atoms. The zero-order valence-corrected chi connectivity index (χ0v) is 18.1. The smallest absolute Gasteiger partial charge is 0.242 e. The van der Waals surface area contributed by atoms with Crippen molar-refractivity contribution in [3.8, 4) is 0 Å². The minimum atomic E-state index is -3.49. The number of anilines is 1. The van der Waals surface area contributed by atoms with E-state index in [9.17, 15) is 13.2 Å². The Hall–Kier alpha value is -2.47. The maximum absolute atomic E-state index is 12.1. The fourth-order valence-corrected chi connectivity index (χ4v) is 4.32. The third-order valence-electron chi connectivity index (χ3n) is 3.68. The highest BCUT2D eigenvalue weighted by Crippen LogP contribution is 2.18. The summed E-state index contributed by atoms with van der Waals surface area (Å²) in [5.74, 6) is 0.502. The molecule has 0 saturated carbocycles. The molecule has 152 valence electrons. The number of aromatic nitrogens is 3. The first-order valence-corrected chi connectivity index (χ1v) is 11.7. The average Bonchev–Trinajstić information content (AvgIpc) is 3.37. The van der Waals surface area contributed by atoms with E-state index in [-0.39, 0.29) is 16.6 Å². The van der Waals surface area contributed by atoms with Crippen LogP contribution in [0.15, 0.2) is 51.8 Å². The molecule has 0 saturated heterocycles. The van der Waals surface area contributed by atoms with Crippen molar-refractivity contribution in [2.45, 2.75) is 10.1 Å². The Balaban J connectivity index is 1.51. The van der Waals surface area contributed by atoms with Crippen molar-refractivity contribution in [1.29, 1.82) is 0 Å². The van der Waals surface area contributed by atoms with Gasteiger partial charge < -0.3 is 5.32 Å². The van der Waals surface area contributed by atoms with Gasteiger partial charge in [0.1, 0.15) is 5.82 Å². The van der Waals surface area contributed by atoms with Gasteiger partial charge in [0, 0.05) is 24.7 Å². The normalized spacial score (nSPS) is 12.0. The predicted octanol–water partition coefficient (Wildman–Crippen LogP) is 3.02. The lowest BCUT2D eigenvalue weighted by molar-refractivity contribution is -0.113. The number of nitrogens with one attached hydrogen (secondary N) is 2. The Morgan fingerprint density at radius 2 is 2.00 bits per heavy atom. The highest BCUT2D eigenvalue weighted by Gasteiger charge is 2.16. The lowest BCUT2D eigenvalue weighted by Gasteiger charge is -2.11. The number of aromatic amines is 1. The van der Waals surface area contributed by atoms with Crippen LogP contribution in [0.4, 0.5) is 5.69 Å². The number of hydrogen-bond donors (Lipinski definition) is 2. The second-order valence-corrected chi connectivity index (χ2v) is 10.1. The lowest BCUT2D eigenvalue weighted by atomic mass is 10.3. The molecule has 0 aliphatic carbocycles. The van der Waals surface area contributed by atoms with Gasteiger partial charge in [-0.2, -0.15) is 0 Å². The van der Waals surface area contributed by atoms with E-state index in [1.807, 2.05) is 29.7 Å². The van der Waals surface area contributed by atoms with Crippen LogP contribution in [0.3, 0.4) is 0 Å². The van der Waals surface area contributed by atoms with Gasteiger partial charge in [0.15, 0.2) is 0 Å². The molecule has 3 rings (SSSR count). The minimum absolute atomic E-state index is 0.129. The molecule has 0 fully saturated rings. The second-order valence-electron chi connectivity index (χ2n) is 6.00. The van der Waals surface area contributed by atoms with Crippen LogP contribution < -0.4 is 5.32 Å². The summed E-state index contributed by atoms with van der Waals surface area (Å²) in [6, 6.07) is 10.00. The number of benzene rings is 1. The van der Waals surface area contributed by atoms with Crippen LogP contribution in [-0.2, 0) is 14.8 Å². The molecule has 0 radical (unpaired) electrons. The first-order valence-electron chi connectivity index (χ1n) is 8.44. The van der Waals surface area contributed by atoms with Crippen LogP contribution >= 0.6 is 23.1 Å². The number of sulfonamides is 1. The van der Waals surface area contributed by atoms with E-state index < -0.39 is 10.0 Å². The molecule has 8 nitrogen and oxygen atoms in total. The Morgan fingerprint density at radius 3 is 2.66 bits per heavy atom. The molecule has 0 bridgehead atoms. The number of rotatable bonds is 8. The largest absolute Gasteiger partial charge is 0.325 e. The van der Waals surface area contributed by atoms with Crippen LogP contribution in [0.5, 0.6) is 0 Å². The third-order valence-corrected chi connectivity index (χ3v) is 7.19. The summed E-state index contributed by atoms with van der Waals surface area (Å²) in [5, 5.41) is 12.1. The molecule has 2 aromatic heterocycles. The molecule has 3 aromatic rings. The van der Waals surface area contributed by atoms with E-state index in [0.29, 0.717) is 16.7 Å². The molecule has 1 aromatic carbocycles. The summed E-state index contributed by atoms with van der Waals surface area (Å²) in [7, 11) is -0.560. The average molecular weight is 450 g/mol. The van der Waals surface area contributed by atoms with Gasteiger partial charge in [-0.3, -0.25) is 9.89 Å². The van der Waals surface area contributed by atoms with Crippen LogP contribution in [-0.4, -0.2) is 53.7 Å². The Morgan fingerprint density at radius 1 is 1.24 bits per heavy atom. The highest BCUT2D eigenvalue weighted by molar-refractivity contribution is 7.99. The van der Waals surface area contributed by atoms with E-state index in [1.165, 1.54) is 38.0 Å². The van der Waals surface area contributed by atoms with E-state index in [4.69, 9.17) is 0 Å². The summed E-state index contributed by atoms with van der Waals surface area (Å²) in [6.45, 7) is 0. The highest BCUT2D eigenvalue weighted by atomic mass is 32.2. The van der Waals surface area contributed by atoms with Gasteiger partial charge in [-0.05, 0) is 47.9 Å². The van der Waals surface area contributed by atoms with E-state index in [0.717, 1.165) is 9.18 Å². The lowest BCUT2D eigenvalue weighted by Crippen LogP contribution is -2.22.